The molecule has 1 atom stereocenters. The Morgan fingerprint density at radius 2 is 2.13 bits per heavy atom. The molecule has 0 aliphatic rings. The van der Waals surface area contributed by atoms with Crippen LogP contribution in [0.2, 0.25) is 0 Å². The Labute approximate surface area is 98.5 Å². The molecule has 0 spiro atoms. The van der Waals surface area contributed by atoms with Crippen LogP contribution in [-0.4, -0.2) is 22.1 Å². The molecule has 3 N–H and O–H groups in total. The summed E-state index contributed by atoms with van der Waals surface area (Å²) in [5.41, 5.74) is 5.73. The first kappa shape index (κ1) is 16.5. The van der Waals surface area contributed by atoms with E-state index in [0.717, 1.165) is 6.20 Å². The molecule has 86 valence electrons. The highest BCUT2D eigenvalue weighted by Crippen LogP contribution is 2.03. The van der Waals surface area contributed by atoms with E-state index in [0.29, 0.717) is 5.56 Å². The standard InChI is InChI=1S/C8H9FN2O2.2ClH/c9-6-1-5(3-11-4-6)2-7(10)8(12)13;;/h1,3-4,7H,2,10H2,(H,12,13);2*1H. The summed E-state index contributed by atoms with van der Waals surface area (Å²) in [4.78, 5) is 13.9. The van der Waals surface area contributed by atoms with Gasteiger partial charge in [-0.3, -0.25) is 9.78 Å². The van der Waals surface area contributed by atoms with E-state index >= 15 is 0 Å². The van der Waals surface area contributed by atoms with Gasteiger partial charge in [0.25, 0.3) is 0 Å². The number of nitrogens with two attached hydrogens (primary N) is 1. The van der Waals surface area contributed by atoms with Crippen LogP contribution in [0.25, 0.3) is 0 Å². The molecule has 0 saturated heterocycles. The average Bonchev–Trinajstić information content (AvgIpc) is 2.04. The summed E-state index contributed by atoms with van der Waals surface area (Å²) >= 11 is 0. The number of aliphatic carboxylic acids is 1. The zero-order chi connectivity index (χ0) is 9.84. The zero-order valence-corrected chi connectivity index (χ0v) is 9.22. The van der Waals surface area contributed by atoms with E-state index in [4.69, 9.17) is 10.8 Å². The van der Waals surface area contributed by atoms with Crippen molar-refractivity contribution in [2.24, 2.45) is 5.73 Å². The third kappa shape index (κ3) is 5.51. The smallest absolute Gasteiger partial charge is 0.320 e. The zero-order valence-electron chi connectivity index (χ0n) is 7.59. The van der Waals surface area contributed by atoms with Crippen LogP contribution in [0.1, 0.15) is 5.56 Å². The first-order chi connectivity index (χ1) is 6.09. The summed E-state index contributed by atoms with van der Waals surface area (Å²) < 4.78 is 12.6. The summed E-state index contributed by atoms with van der Waals surface area (Å²) in [5, 5.41) is 8.47. The second-order valence-electron chi connectivity index (χ2n) is 2.66. The quantitative estimate of drug-likeness (QED) is 0.847. The number of carboxylic acid groups (broad SMARTS) is 1. The van der Waals surface area contributed by atoms with Crippen LogP contribution >= 0.6 is 24.8 Å². The molecular weight excluding hydrogens is 246 g/mol. The van der Waals surface area contributed by atoms with Crippen LogP contribution in [0.5, 0.6) is 0 Å². The van der Waals surface area contributed by atoms with Crippen LogP contribution in [0.15, 0.2) is 18.5 Å². The van der Waals surface area contributed by atoms with Gasteiger partial charge in [0.15, 0.2) is 0 Å². The Balaban J connectivity index is 0. The Morgan fingerprint density at radius 3 is 2.60 bits per heavy atom. The van der Waals surface area contributed by atoms with Crippen LogP contribution in [0.4, 0.5) is 4.39 Å². The monoisotopic (exact) mass is 256 g/mol. The van der Waals surface area contributed by atoms with Crippen molar-refractivity contribution < 1.29 is 14.3 Å². The van der Waals surface area contributed by atoms with Gasteiger partial charge in [-0.25, -0.2) is 4.39 Å². The van der Waals surface area contributed by atoms with Gasteiger partial charge >= 0.3 is 5.97 Å². The van der Waals surface area contributed by atoms with E-state index in [-0.39, 0.29) is 31.2 Å². The number of halogens is 3. The summed E-state index contributed by atoms with van der Waals surface area (Å²) in [6.45, 7) is 0. The lowest BCUT2D eigenvalue weighted by Gasteiger charge is -2.05. The fourth-order valence-electron chi connectivity index (χ4n) is 0.909. The Morgan fingerprint density at radius 1 is 1.53 bits per heavy atom. The van der Waals surface area contributed by atoms with E-state index in [9.17, 15) is 9.18 Å². The van der Waals surface area contributed by atoms with E-state index in [1.54, 1.807) is 0 Å². The van der Waals surface area contributed by atoms with Gasteiger partial charge in [-0.2, -0.15) is 0 Å². The molecule has 7 heteroatoms. The van der Waals surface area contributed by atoms with Gasteiger partial charge in [-0.05, 0) is 18.1 Å². The molecule has 1 heterocycles. The number of rotatable bonds is 3. The predicted octanol–water partition coefficient (Wildman–Crippen LogP) is 1.02. The largest absolute Gasteiger partial charge is 0.480 e. The van der Waals surface area contributed by atoms with Crippen molar-refractivity contribution in [2.75, 3.05) is 0 Å². The maximum absolute atomic E-state index is 12.6. The molecule has 0 aliphatic carbocycles. The van der Waals surface area contributed by atoms with Crippen LogP contribution in [0, 0.1) is 5.82 Å². The maximum atomic E-state index is 12.6. The molecule has 0 fully saturated rings. The molecule has 0 aromatic carbocycles. The number of hydrogen-bond donors (Lipinski definition) is 2. The fourth-order valence-corrected chi connectivity index (χ4v) is 0.909. The molecule has 0 saturated carbocycles. The molecule has 4 nitrogen and oxygen atoms in total. The van der Waals surface area contributed by atoms with Gasteiger partial charge in [0.1, 0.15) is 11.9 Å². The minimum atomic E-state index is -1.11. The van der Waals surface area contributed by atoms with Crippen molar-refractivity contribution in [1.29, 1.82) is 0 Å². The summed E-state index contributed by atoms with van der Waals surface area (Å²) in [6.07, 6.45) is 2.53. The average molecular weight is 257 g/mol. The van der Waals surface area contributed by atoms with Crippen molar-refractivity contribution in [1.82, 2.24) is 4.98 Å². The summed E-state index contributed by atoms with van der Waals surface area (Å²) in [5.74, 6) is -1.60. The van der Waals surface area contributed by atoms with E-state index in [2.05, 4.69) is 4.98 Å². The number of hydrogen-bond acceptors (Lipinski definition) is 3. The normalized spacial score (nSPS) is 10.8. The van der Waals surface area contributed by atoms with Crippen LogP contribution in [-0.2, 0) is 11.2 Å². The lowest BCUT2D eigenvalue weighted by atomic mass is 10.1. The highest BCUT2D eigenvalue weighted by molar-refractivity contribution is 5.85. The van der Waals surface area contributed by atoms with Crippen molar-refractivity contribution >= 4 is 30.8 Å². The van der Waals surface area contributed by atoms with Crippen molar-refractivity contribution in [2.45, 2.75) is 12.5 Å². The third-order valence-electron chi connectivity index (χ3n) is 1.53. The maximum Gasteiger partial charge on any atom is 0.320 e. The third-order valence-corrected chi connectivity index (χ3v) is 1.53. The van der Waals surface area contributed by atoms with Crippen LogP contribution < -0.4 is 5.73 Å². The Hall–Kier alpha value is -0.910. The minimum absolute atomic E-state index is 0. The lowest BCUT2D eigenvalue weighted by Crippen LogP contribution is -2.32. The van der Waals surface area contributed by atoms with Gasteiger partial charge in [-0.15, -0.1) is 24.8 Å². The number of carbonyl (C=O) groups is 1. The molecule has 0 radical (unpaired) electrons. The van der Waals surface area contributed by atoms with Gasteiger partial charge in [0.05, 0.1) is 6.20 Å². The first-order valence-corrected chi connectivity index (χ1v) is 3.67. The minimum Gasteiger partial charge on any atom is -0.480 e. The number of nitrogens with zero attached hydrogens (tertiary/aromatic N) is 1. The number of carboxylic acids is 1. The van der Waals surface area contributed by atoms with Crippen LogP contribution in [0.3, 0.4) is 0 Å². The number of aromatic nitrogens is 1. The molecule has 0 amide bonds. The molecular formula is C8H11Cl2FN2O2. The second-order valence-corrected chi connectivity index (χ2v) is 2.66. The number of pyridine rings is 1. The van der Waals surface area contributed by atoms with Gasteiger partial charge < -0.3 is 10.8 Å². The molecule has 1 aromatic heterocycles. The van der Waals surface area contributed by atoms with Crippen molar-refractivity contribution in [3.8, 4) is 0 Å². The van der Waals surface area contributed by atoms with E-state index in [1.807, 2.05) is 0 Å². The van der Waals surface area contributed by atoms with Gasteiger partial charge in [0.2, 0.25) is 0 Å². The van der Waals surface area contributed by atoms with Gasteiger partial charge in [-0.1, -0.05) is 0 Å². The summed E-state index contributed by atoms with van der Waals surface area (Å²) in [7, 11) is 0. The van der Waals surface area contributed by atoms with E-state index in [1.165, 1.54) is 12.3 Å². The molecule has 0 bridgehead atoms. The van der Waals surface area contributed by atoms with E-state index < -0.39 is 17.8 Å². The molecule has 1 unspecified atom stereocenters. The Kier molecular flexibility index (Phi) is 8.14. The molecule has 15 heavy (non-hydrogen) atoms. The predicted molar refractivity (Wildman–Crippen MR) is 58.0 cm³/mol. The Bertz CT molecular complexity index is 325. The topological polar surface area (TPSA) is 76.2 Å². The molecule has 1 aromatic rings. The van der Waals surface area contributed by atoms with Crippen molar-refractivity contribution in [3.05, 3.63) is 29.8 Å². The second kappa shape index (κ2) is 7.39. The van der Waals surface area contributed by atoms with Gasteiger partial charge in [0, 0.05) is 6.20 Å². The van der Waals surface area contributed by atoms with Crippen molar-refractivity contribution in [3.63, 3.8) is 0 Å². The molecule has 0 aliphatic heterocycles. The SMILES string of the molecule is Cl.Cl.NC(Cc1cncc(F)c1)C(=O)O. The molecule has 1 rings (SSSR count). The lowest BCUT2D eigenvalue weighted by molar-refractivity contribution is -0.138. The summed E-state index contributed by atoms with van der Waals surface area (Å²) in [6, 6.07) is 0.207. The first-order valence-electron chi connectivity index (χ1n) is 3.67. The highest BCUT2D eigenvalue weighted by atomic mass is 35.5. The highest BCUT2D eigenvalue weighted by Gasteiger charge is 2.12. The fraction of sp³-hybridized carbons (Fsp3) is 0.250.